The Morgan fingerprint density at radius 3 is 2.19 bits per heavy atom. The highest BCUT2D eigenvalue weighted by Gasteiger charge is 2.33. The van der Waals surface area contributed by atoms with Gasteiger partial charge in [-0.1, -0.05) is 35.9 Å². The standard InChI is InChI=1S/C20H20ClNO4/c1-3-25-16(26-4-2)11-22-15-10-6-8-13-18(15)20(24)17-12(19(13)23)7-5-9-14(17)21/h5-10,16,22H,3-4,11H2,1-2H3. The van der Waals surface area contributed by atoms with Crippen LogP contribution in [0, 0.1) is 0 Å². The molecule has 0 heterocycles. The molecule has 26 heavy (non-hydrogen) atoms. The van der Waals surface area contributed by atoms with E-state index in [1.54, 1.807) is 36.4 Å². The molecule has 1 aliphatic carbocycles. The van der Waals surface area contributed by atoms with E-state index in [1.165, 1.54) is 0 Å². The Labute approximate surface area is 157 Å². The molecular formula is C20H20ClNO4. The molecule has 0 aromatic heterocycles. The first-order valence-corrected chi connectivity index (χ1v) is 8.94. The van der Waals surface area contributed by atoms with E-state index < -0.39 is 6.29 Å². The third-order valence-electron chi connectivity index (χ3n) is 4.19. The summed E-state index contributed by atoms with van der Waals surface area (Å²) >= 11 is 6.20. The second-order valence-electron chi connectivity index (χ2n) is 5.77. The van der Waals surface area contributed by atoms with Gasteiger partial charge in [-0.15, -0.1) is 0 Å². The minimum atomic E-state index is -0.439. The number of carbonyl (C=O) groups excluding carboxylic acids is 2. The van der Waals surface area contributed by atoms with Crippen LogP contribution in [-0.2, 0) is 9.47 Å². The normalized spacial score (nSPS) is 12.9. The van der Waals surface area contributed by atoms with Gasteiger partial charge in [0.15, 0.2) is 17.9 Å². The number of hydrogen-bond donors (Lipinski definition) is 1. The number of fused-ring (bicyclic) bond motifs is 2. The van der Waals surface area contributed by atoms with Crippen molar-refractivity contribution in [1.29, 1.82) is 0 Å². The van der Waals surface area contributed by atoms with Gasteiger partial charge >= 0.3 is 0 Å². The number of ether oxygens (including phenoxy) is 2. The molecule has 6 heteroatoms. The van der Waals surface area contributed by atoms with Crippen LogP contribution in [0.1, 0.15) is 45.7 Å². The molecule has 0 saturated carbocycles. The molecule has 0 unspecified atom stereocenters. The van der Waals surface area contributed by atoms with E-state index in [2.05, 4.69) is 5.32 Å². The van der Waals surface area contributed by atoms with E-state index >= 15 is 0 Å². The summed E-state index contributed by atoms with van der Waals surface area (Å²) in [4.78, 5) is 25.9. The maximum absolute atomic E-state index is 13.1. The van der Waals surface area contributed by atoms with Crippen molar-refractivity contribution < 1.29 is 19.1 Å². The summed E-state index contributed by atoms with van der Waals surface area (Å²) in [7, 11) is 0. The lowest BCUT2D eigenvalue weighted by atomic mass is 9.83. The summed E-state index contributed by atoms with van der Waals surface area (Å²) < 4.78 is 11.0. The van der Waals surface area contributed by atoms with Crippen molar-refractivity contribution >= 4 is 28.9 Å². The summed E-state index contributed by atoms with van der Waals surface area (Å²) in [6.45, 7) is 5.16. The van der Waals surface area contributed by atoms with Gasteiger partial charge in [-0.3, -0.25) is 9.59 Å². The number of benzene rings is 2. The van der Waals surface area contributed by atoms with Gasteiger partial charge in [-0.05, 0) is 26.0 Å². The van der Waals surface area contributed by atoms with Crippen molar-refractivity contribution in [2.24, 2.45) is 0 Å². The molecule has 1 N–H and O–H groups in total. The highest BCUT2D eigenvalue weighted by atomic mass is 35.5. The van der Waals surface area contributed by atoms with Crippen molar-refractivity contribution in [3.63, 3.8) is 0 Å². The van der Waals surface area contributed by atoms with E-state index in [0.717, 1.165) is 0 Å². The zero-order valence-electron chi connectivity index (χ0n) is 14.7. The second-order valence-corrected chi connectivity index (χ2v) is 6.18. The number of hydrogen-bond acceptors (Lipinski definition) is 5. The van der Waals surface area contributed by atoms with E-state index in [4.69, 9.17) is 21.1 Å². The molecule has 0 bridgehead atoms. The van der Waals surface area contributed by atoms with Gasteiger partial charge in [-0.25, -0.2) is 0 Å². The van der Waals surface area contributed by atoms with Gasteiger partial charge in [0.1, 0.15) is 0 Å². The monoisotopic (exact) mass is 373 g/mol. The Hall–Kier alpha value is -2.21. The summed E-state index contributed by atoms with van der Waals surface area (Å²) in [5.74, 6) is -0.459. The van der Waals surface area contributed by atoms with E-state index in [9.17, 15) is 9.59 Å². The fraction of sp³-hybridized carbons (Fsp3) is 0.300. The van der Waals surface area contributed by atoms with Crippen molar-refractivity contribution in [3.05, 3.63) is 63.7 Å². The maximum Gasteiger partial charge on any atom is 0.198 e. The van der Waals surface area contributed by atoms with Crippen LogP contribution >= 0.6 is 11.6 Å². The molecule has 3 rings (SSSR count). The number of carbonyl (C=O) groups is 2. The molecule has 136 valence electrons. The Morgan fingerprint density at radius 1 is 0.923 bits per heavy atom. The zero-order valence-corrected chi connectivity index (χ0v) is 15.4. The van der Waals surface area contributed by atoms with Crippen LogP contribution in [-0.4, -0.2) is 37.6 Å². The molecule has 0 fully saturated rings. The topological polar surface area (TPSA) is 64.6 Å². The van der Waals surface area contributed by atoms with E-state index in [-0.39, 0.29) is 22.2 Å². The Balaban J connectivity index is 1.96. The summed E-state index contributed by atoms with van der Waals surface area (Å²) in [6.07, 6.45) is -0.439. The minimum absolute atomic E-state index is 0.202. The molecule has 2 aromatic rings. The highest BCUT2D eigenvalue weighted by molar-refractivity contribution is 6.39. The smallest absolute Gasteiger partial charge is 0.198 e. The van der Waals surface area contributed by atoms with Crippen LogP contribution < -0.4 is 5.32 Å². The lowest BCUT2D eigenvalue weighted by molar-refractivity contribution is -0.126. The van der Waals surface area contributed by atoms with Gasteiger partial charge in [0, 0.05) is 30.0 Å². The molecule has 0 saturated heterocycles. The zero-order chi connectivity index (χ0) is 18.7. The molecule has 1 aliphatic rings. The van der Waals surface area contributed by atoms with Crippen LogP contribution in [0.25, 0.3) is 0 Å². The molecule has 0 atom stereocenters. The maximum atomic E-state index is 13.1. The van der Waals surface area contributed by atoms with Gasteiger partial charge < -0.3 is 14.8 Å². The molecular weight excluding hydrogens is 354 g/mol. The van der Waals surface area contributed by atoms with Gasteiger partial charge in [0.25, 0.3) is 0 Å². The fourth-order valence-electron chi connectivity index (χ4n) is 3.08. The van der Waals surface area contributed by atoms with Crippen molar-refractivity contribution in [2.45, 2.75) is 20.1 Å². The molecule has 0 spiro atoms. The first kappa shape index (κ1) is 18.6. The average molecular weight is 374 g/mol. The number of nitrogens with one attached hydrogen (secondary N) is 1. The summed E-state index contributed by atoms with van der Waals surface area (Å²) in [6, 6.07) is 10.1. The molecule has 0 amide bonds. The Kier molecular flexibility index (Phi) is 5.71. The lowest BCUT2D eigenvalue weighted by Crippen LogP contribution is -2.28. The van der Waals surface area contributed by atoms with Crippen molar-refractivity contribution in [2.75, 3.05) is 25.1 Å². The fourth-order valence-corrected chi connectivity index (χ4v) is 3.34. The first-order valence-electron chi connectivity index (χ1n) is 8.56. The summed E-state index contributed by atoms with van der Waals surface area (Å²) in [5.41, 5.74) is 1.88. The average Bonchev–Trinajstić information content (AvgIpc) is 2.64. The van der Waals surface area contributed by atoms with Crippen molar-refractivity contribution in [3.8, 4) is 0 Å². The molecule has 2 aromatic carbocycles. The van der Waals surface area contributed by atoms with Crippen molar-refractivity contribution in [1.82, 2.24) is 0 Å². The number of ketones is 2. The first-order chi connectivity index (χ1) is 12.6. The predicted molar refractivity (Wildman–Crippen MR) is 100 cm³/mol. The SMILES string of the molecule is CCOC(CNc1cccc2c1C(=O)c1c(Cl)cccc1C2=O)OCC. The second kappa shape index (κ2) is 7.99. The quantitative estimate of drug-likeness (QED) is 0.636. The largest absolute Gasteiger partial charge is 0.379 e. The Bertz CT molecular complexity index is 844. The Morgan fingerprint density at radius 2 is 1.54 bits per heavy atom. The highest BCUT2D eigenvalue weighted by Crippen LogP contribution is 2.35. The molecule has 0 aliphatic heterocycles. The van der Waals surface area contributed by atoms with Gasteiger partial charge in [0.05, 0.1) is 22.7 Å². The lowest BCUT2D eigenvalue weighted by Gasteiger charge is -2.23. The minimum Gasteiger partial charge on any atom is -0.379 e. The summed E-state index contributed by atoms with van der Waals surface area (Å²) in [5, 5.41) is 3.46. The number of rotatable bonds is 7. The third kappa shape index (κ3) is 3.38. The van der Waals surface area contributed by atoms with Gasteiger partial charge in [0.2, 0.25) is 0 Å². The predicted octanol–water partition coefficient (Wildman–Crippen LogP) is 3.93. The van der Waals surface area contributed by atoms with E-state index in [0.29, 0.717) is 42.1 Å². The van der Waals surface area contributed by atoms with Crippen LogP contribution in [0.4, 0.5) is 5.69 Å². The van der Waals surface area contributed by atoms with Crippen LogP contribution in [0.15, 0.2) is 36.4 Å². The van der Waals surface area contributed by atoms with Crippen LogP contribution in [0.3, 0.4) is 0 Å². The van der Waals surface area contributed by atoms with Crippen LogP contribution in [0.5, 0.6) is 0 Å². The third-order valence-corrected chi connectivity index (χ3v) is 4.50. The molecule has 0 radical (unpaired) electrons. The van der Waals surface area contributed by atoms with Gasteiger partial charge in [-0.2, -0.15) is 0 Å². The number of anilines is 1. The number of halogens is 1. The van der Waals surface area contributed by atoms with Crippen LogP contribution in [0.2, 0.25) is 5.02 Å². The van der Waals surface area contributed by atoms with E-state index in [1.807, 2.05) is 13.8 Å². The molecule has 5 nitrogen and oxygen atoms in total.